The summed E-state index contributed by atoms with van der Waals surface area (Å²) >= 11 is 6.98. The number of nitrogens with zero attached hydrogens (tertiary/aromatic N) is 2. The van der Waals surface area contributed by atoms with E-state index in [1.54, 1.807) is 35.6 Å². The van der Waals surface area contributed by atoms with Crippen LogP contribution in [-0.2, 0) is 11.3 Å². The second-order valence-electron chi connectivity index (χ2n) is 7.28. The Kier molecular flexibility index (Phi) is 6.77. The fourth-order valence-electron chi connectivity index (χ4n) is 3.76. The quantitative estimate of drug-likeness (QED) is 0.422. The summed E-state index contributed by atoms with van der Waals surface area (Å²) < 4.78 is 7.22. The predicted molar refractivity (Wildman–Crippen MR) is 125 cm³/mol. The summed E-state index contributed by atoms with van der Waals surface area (Å²) in [6.07, 6.45) is 1.62. The number of nitrogens with one attached hydrogen (secondary N) is 2. The highest BCUT2D eigenvalue weighted by Gasteiger charge is 2.24. The Morgan fingerprint density at radius 3 is 2.87 bits per heavy atom. The molecule has 31 heavy (non-hydrogen) atoms. The molecule has 162 valence electrons. The lowest BCUT2D eigenvalue weighted by Gasteiger charge is -2.34. The molecule has 1 atom stereocenters. The van der Waals surface area contributed by atoms with Gasteiger partial charge in [0.05, 0.1) is 30.2 Å². The van der Waals surface area contributed by atoms with E-state index in [1.165, 1.54) is 9.44 Å². The van der Waals surface area contributed by atoms with E-state index in [0.29, 0.717) is 47.5 Å². The predicted octanol–water partition coefficient (Wildman–Crippen LogP) is 3.11. The molecule has 0 bridgehead atoms. The molecule has 1 fully saturated rings. The maximum absolute atomic E-state index is 12.9. The maximum atomic E-state index is 12.9. The first-order valence-electron chi connectivity index (χ1n) is 10.1. The van der Waals surface area contributed by atoms with E-state index in [2.05, 4.69) is 33.2 Å². The number of amides is 1. The van der Waals surface area contributed by atoms with Crippen LogP contribution in [0.3, 0.4) is 0 Å². The molecule has 4 rings (SSSR count). The highest BCUT2D eigenvalue weighted by molar-refractivity contribution is 7.71. The van der Waals surface area contributed by atoms with E-state index in [9.17, 15) is 9.59 Å². The van der Waals surface area contributed by atoms with Crippen molar-refractivity contribution in [2.45, 2.75) is 12.6 Å². The van der Waals surface area contributed by atoms with E-state index in [0.717, 1.165) is 13.1 Å². The van der Waals surface area contributed by atoms with E-state index in [1.807, 2.05) is 6.07 Å². The minimum atomic E-state index is -0.198. The number of carbonyl (C=O) groups is 1. The van der Waals surface area contributed by atoms with Crippen LogP contribution in [-0.4, -0.2) is 53.2 Å². The first-order valence-corrected chi connectivity index (χ1v) is 11.4. The van der Waals surface area contributed by atoms with Crippen molar-refractivity contribution < 1.29 is 9.53 Å². The first-order chi connectivity index (χ1) is 15.1. The average Bonchev–Trinajstić information content (AvgIpc) is 3.31. The summed E-state index contributed by atoms with van der Waals surface area (Å²) in [5.41, 5.74) is 0.826. The van der Waals surface area contributed by atoms with Crippen molar-refractivity contribution in [2.24, 2.45) is 0 Å². The topological polar surface area (TPSA) is 79.4 Å². The van der Waals surface area contributed by atoms with Crippen LogP contribution in [0.2, 0.25) is 0 Å². The molecule has 0 radical (unpaired) electrons. The van der Waals surface area contributed by atoms with Crippen LogP contribution in [0.15, 0.2) is 53.2 Å². The molecule has 0 spiro atoms. The number of hydrogen-bond donors (Lipinski definition) is 2. The van der Waals surface area contributed by atoms with Crippen molar-refractivity contribution in [2.75, 3.05) is 32.8 Å². The summed E-state index contributed by atoms with van der Waals surface area (Å²) in [6, 6.07) is 9.24. The summed E-state index contributed by atoms with van der Waals surface area (Å²) in [7, 11) is 0. The molecule has 2 N–H and O–H groups in total. The highest BCUT2D eigenvalue weighted by Crippen LogP contribution is 2.25. The highest BCUT2D eigenvalue weighted by atomic mass is 32.1. The molecule has 3 heterocycles. The third-order valence-corrected chi connectivity index (χ3v) is 6.67. The Bertz CT molecular complexity index is 1190. The average molecular weight is 457 g/mol. The van der Waals surface area contributed by atoms with Crippen molar-refractivity contribution in [1.29, 1.82) is 0 Å². The third-order valence-electron chi connectivity index (χ3n) is 5.37. The number of fused-ring (bicyclic) bond motifs is 1. The summed E-state index contributed by atoms with van der Waals surface area (Å²) in [5.74, 6) is -0.189. The molecular weight excluding hydrogens is 432 g/mol. The van der Waals surface area contributed by atoms with Gasteiger partial charge in [-0.15, -0.1) is 17.9 Å². The number of allylic oxidation sites excluding steroid dienone is 1. The van der Waals surface area contributed by atoms with Crippen LogP contribution in [0.5, 0.6) is 0 Å². The standard InChI is InChI=1S/C22H24N4O3S2/c1-2-7-26-21(28)16-6-5-15(13-17(16)24-22(26)30)20(27)23-14-18(19-4-3-12-31-19)25-8-10-29-11-9-25/h2-6,12-13,18H,1,7-11,14H2,(H,23,27)(H,24,30)/t18-/m0/s1. The minimum Gasteiger partial charge on any atom is -0.379 e. The van der Waals surface area contributed by atoms with Gasteiger partial charge in [0.25, 0.3) is 11.5 Å². The Morgan fingerprint density at radius 2 is 2.16 bits per heavy atom. The number of ether oxygens (including phenoxy) is 1. The Morgan fingerprint density at radius 1 is 1.35 bits per heavy atom. The normalized spacial score (nSPS) is 15.6. The van der Waals surface area contributed by atoms with Crippen molar-refractivity contribution >= 4 is 40.4 Å². The molecule has 0 unspecified atom stereocenters. The van der Waals surface area contributed by atoms with Crippen LogP contribution in [0.25, 0.3) is 10.9 Å². The third kappa shape index (κ3) is 4.69. The number of morpholine rings is 1. The molecular formula is C22H24N4O3S2. The second-order valence-corrected chi connectivity index (χ2v) is 8.65. The van der Waals surface area contributed by atoms with Crippen molar-refractivity contribution in [3.63, 3.8) is 0 Å². The zero-order chi connectivity index (χ0) is 21.8. The largest absolute Gasteiger partial charge is 0.379 e. The fourth-order valence-corrected chi connectivity index (χ4v) is 4.89. The van der Waals surface area contributed by atoms with Gasteiger partial charge in [-0.2, -0.15) is 0 Å². The smallest absolute Gasteiger partial charge is 0.262 e. The second kappa shape index (κ2) is 9.69. The van der Waals surface area contributed by atoms with Gasteiger partial charge in [0.1, 0.15) is 0 Å². The number of rotatable bonds is 7. The lowest BCUT2D eigenvalue weighted by atomic mass is 10.1. The SMILES string of the molecule is C=CCn1c(=S)[nH]c2cc(C(=O)NC[C@@H](c3cccs3)N3CCOCC3)ccc2c1=O. The number of aromatic amines is 1. The molecule has 0 saturated carbocycles. The number of thiophene rings is 1. The van der Waals surface area contributed by atoms with Crippen LogP contribution < -0.4 is 10.9 Å². The van der Waals surface area contributed by atoms with Crippen LogP contribution in [0, 0.1) is 4.77 Å². The summed E-state index contributed by atoms with van der Waals surface area (Å²) in [5, 5.41) is 5.59. The Labute approximate surface area is 189 Å². The van der Waals surface area contributed by atoms with Gasteiger partial charge in [0.2, 0.25) is 0 Å². The van der Waals surface area contributed by atoms with E-state index >= 15 is 0 Å². The number of carbonyl (C=O) groups excluding carboxylic acids is 1. The Hall–Kier alpha value is -2.59. The molecule has 1 amide bonds. The van der Waals surface area contributed by atoms with Gasteiger partial charge in [0.15, 0.2) is 4.77 Å². The fraction of sp³-hybridized carbons (Fsp3) is 0.318. The monoisotopic (exact) mass is 456 g/mol. The van der Waals surface area contributed by atoms with Gasteiger partial charge >= 0.3 is 0 Å². The Balaban J connectivity index is 1.54. The van der Waals surface area contributed by atoms with Crippen molar-refractivity contribution in [3.8, 4) is 0 Å². The number of benzene rings is 1. The lowest BCUT2D eigenvalue weighted by Crippen LogP contribution is -2.43. The van der Waals surface area contributed by atoms with Gasteiger partial charge in [-0.1, -0.05) is 12.1 Å². The molecule has 1 aliphatic heterocycles. The molecule has 9 heteroatoms. The molecule has 2 aromatic heterocycles. The van der Waals surface area contributed by atoms with Gasteiger partial charge in [-0.05, 0) is 41.9 Å². The summed E-state index contributed by atoms with van der Waals surface area (Å²) in [4.78, 5) is 32.2. The molecule has 7 nitrogen and oxygen atoms in total. The van der Waals surface area contributed by atoms with Crippen LogP contribution in [0.4, 0.5) is 0 Å². The van der Waals surface area contributed by atoms with E-state index < -0.39 is 0 Å². The minimum absolute atomic E-state index is 0.102. The lowest BCUT2D eigenvalue weighted by molar-refractivity contribution is 0.0169. The number of aromatic nitrogens is 2. The van der Waals surface area contributed by atoms with Gasteiger partial charge < -0.3 is 15.0 Å². The first kappa shape index (κ1) is 21.6. The van der Waals surface area contributed by atoms with Crippen molar-refractivity contribution in [1.82, 2.24) is 19.8 Å². The van der Waals surface area contributed by atoms with Gasteiger partial charge in [0, 0.05) is 36.6 Å². The number of H-pyrrole nitrogens is 1. The van der Waals surface area contributed by atoms with E-state index in [-0.39, 0.29) is 17.5 Å². The van der Waals surface area contributed by atoms with Gasteiger partial charge in [-0.25, -0.2) is 0 Å². The maximum Gasteiger partial charge on any atom is 0.262 e. The zero-order valence-corrected chi connectivity index (χ0v) is 18.6. The van der Waals surface area contributed by atoms with Crippen molar-refractivity contribution in [3.05, 3.63) is 73.9 Å². The molecule has 1 saturated heterocycles. The van der Waals surface area contributed by atoms with Gasteiger partial charge in [-0.3, -0.25) is 19.1 Å². The molecule has 3 aromatic rings. The summed E-state index contributed by atoms with van der Waals surface area (Å²) in [6.45, 7) is 7.55. The molecule has 1 aliphatic rings. The zero-order valence-electron chi connectivity index (χ0n) is 17.0. The number of hydrogen-bond acceptors (Lipinski definition) is 6. The molecule has 0 aliphatic carbocycles. The molecule has 1 aromatic carbocycles. The van der Waals surface area contributed by atoms with Crippen LogP contribution >= 0.6 is 23.6 Å². The van der Waals surface area contributed by atoms with E-state index in [4.69, 9.17) is 17.0 Å². The van der Waals surface area contributed by atoms with Crippen LogP contribution in [0.1, 0.15) is 21.3 Å².